The van der Waals surface area contributed by atoms with E-state index in [9.17, 15) is 22.4 Å². The van der Waals surface area contributed by atoms with Crippen molar-refractivity contribution in [3.8, 4) is 22.6 Å². The molecule has 0 unspecified atom stereocenters. The number of hydrogen-bond donors (Lipinski definition) is 0. The van der Waals surface area contributed by atoms with Gasteiger partial charge in [-0.2, -0.15) is 17.6 Å². The monoisotopic (exact) mass is 528 g/mol. The van der Waals surface area contributed by atoms with E-state index in [0.717, 1.165) is 30.3 Å². The maximum absolute atomic E-state index is 15.3. The van der Waals surface area contributed by atoms with Crippen LogP contribution in [0.1, 0.15) is 40.9 Å². The molecule has 0 atom stereocenters. The van der Waals surface area contributed by atoms with Crippen molar-refractivity contribution in [1.82, 2.24) is 0 Å². The standard InChI is InChI=1S/C26H19F7O4/c1-3-35-12-13-5-6-14(11-18(13)27)37-24(34)17-8-7-15-16-9-10-19(36-4-2)23(29)21(16)26(32,33)25(30,31)20(15)22(17)28/h5-11H,3-4,12H2,1-2H3. The van der Waals surface area contributed by atoms with Crippen molar-refractivity contribution in [3.05, 3.63) is 82.2 Å². The van der Waals surface area contributed by atoms with Crippen molar-refractivity contribution >= 4 is 5.97 Å². The summed E-state index contributed by atoms with van der Waals surface area (Å²) in [7, 11) is 0. The Balaban J connectivity index is 1.77. The molecule has 0 amide bonds. The molecule has 0 aliphatic heterocycles. The highest BCUT2D eigenvalue weighted by Gasteiger charge is 2.65. The van der Waals surface area contributed by atoms with Crippen LogP contribution in [0.4, 0.5) is 30.7 Å². The average Bonchev–Trinajstić information content (AvgIpc) is 2.83. The van der Waals surface area contributed by atoms with Crippen LogP contribution in [0.5, 0.6) is 11.5 Å². The summed E-state index contributed by atoms with van der Waals surface area (Å²) >= 11 is 0. The van der Waals surface area contributed by atoms with Crippen molar-refractivity contribution in [2.45, 2.75) is 32.3 Å². The van der Waals surface area contributed by atoms with Crippen LogP contribution in [0.3, 0.4) is 0 Å². The molecule has 0 radical (unpaired) electrons. The first-order valence-corrected chi connectivity index (χ1v) is 11.1. The summed E-state index contributed by atoms with van der Waals surface area (Å²) in [6, 6.07) is 6.63. The predicted molar refractivity (Wildman–Crippen MR) is 117 cm³/mol. The molecule has 3 aromatic carbocycles. The smallest absolute Gasteiger partial charge is 0.346 e. The third kappa shape index (κ3) is 4.30. The van der Waals surface area contributed by atoms with E-state index >= 15 is 13.2 Å². The molecule has 3 aromatic rings. The van der Waals surface area contributed by atoms with E-state index in [1.807, 2.05) is 0 Å². The Hall–Kier alpha value is -3.60. The lowest BCUT2D eigenvalue weighted by atomic mass is 9.79. The fourth-order valence-corrected chi connectivity index (χ4v) is 4.02. The molecule has 0 heterocycles. The highest BCUT2D eigenvalue weighted by molar-refractivity contribution is 5.93. The number of esters is 1. The number of rotatable bonds is 7. The number of alkyl halides is 4. The zero-order valence-electron chi connectivity index (χ0n) is 19.4. The molecular weight excluding hydrogens is 509 g/mol. The van der Waals surface area contributed by atoms with Crippen LogP contribution in [0.15, 0.2) is 42.5 Å². The van der Waals surface area contributed by atoms with Gasteiger partial charge in [-0.3, -0.25) is 0 Å². The van der Waals surface area contributed by atoms with Crippen molar-refractivity contribution < 1.29 is 49.7 Å². The van der Waals surface area contributed by atoms with E-state index in [4.69, 9.17) is 14.2 Å². The Morgan fingerprint density at radius 2 is 1.43 bits per heavy atom. The molecule has 196 valence electrons. The summed E-state index contributed by atoms with van der Waals surface area (Å²) in [5, 5.41) is 0. The van der Waals surface area contributed by atoms with E-state index in [1.165, 1.54) is 19.1 Å². The summed E-state index contributed by atoms with van der Waals surface area (Å²) in [5.74, 6) is -17.5. The molecule has 0 fully saturated rings. The second kappa shape index (κ2) is 9.70. The number of carbonyl (C=O) groups is 1. The summed E-state index contributed by atoms with van der Waals surface area (Å²) in [5.41, 5.74) is -5.80. The molecule has 37 heavy (non-hydrogen) atoms. The van der Waals surface area contributed by atoms with E-state index < -0.39 is 68.8 Å². The quantitative estimate of drug-likeness (QED) is 0.186. The Labute approximate surface area is 206 Å². The second-order valence-corrected chi connectivity index (χ2v) is 8.01. The summed E-state index contributed by atoms with van der Waals surface area (Å²) in [6.07, 6.45) is 0. The molecule has 0 saturated carbocycles. The summed E-state index contributed by atoms with van der Waals surface area (Å²) < 4.78 is 119. The van der Waals surface area contributed by atoms with Gasteiger partial charge in [-0.15, -0.1) is 0 Å². The molecule has 0 saturated heterocycles. The molecule has 0 aromatic heterocycles. The Morgan fingerprint density at radius 1 is 0.811 bits per heavy atom. The molecule has 0 N–H and O–H groups in total. The van der Waals surface area contributed by atoms with Gasteiger partial charge in [0, 0.05) is 18.2 Å². The van der Waals surface area contributed by atoms with Crippen LogP contribution in [0, 0.1) is 17.5 Å². The fourth-order valence-electron chi connectivity index (χ4n) is 4.02. The molecule has 1 aliphatic rings. The first-order valence-electron chi connectivity index (χ1n) is 11.1. The number of halogens is 7. The number of carbonyl (C=O) groups excluding carboxylic acids is 1. The van der Waals surface area contributed by atoms with Gasteiger partial charge in [0.25, 0.3) is 0 Å². The fraction of sp³-hybridized carbons (Fsp3) is 0.269. The average molecular weight is 528 g/mol. The van der Waals surface area contributed by atoms with Crippen LogP contribution < -0.4 is 9.47 Å². The minimum atomic E-state index is -5.24. The Kier molecular flexibility index (Phi) is 6.93. The Bertz CT molecular complexity index is 1370. The minimum absolute atomic E-state index is 0.0621. The molecule has 11 heteroatoms. The van der Waals surface area contributed by atoms with Gasteiger partial charge in [-0.05, 0) is 49.2 Å². The lowest BCUT2D eigenvalue weighted by Crippen LogP contribution is -2.41. The normalized spacial score (nSPS) is 15.1. The SMILES string of the molecule is CCOCc1ccc(OC(=O)c2ccc3c(c2F)C(F)(F)C(F)(F)c2c-3ccc(OCC)c2F)cc1F. The van der Waals surface area contributed by atoms with E-state index in [0.29, 0.717) is 6.61 Å². The third-order valence-electron chi connectivity index (χ3n) is 5.78. The first-order chi connectivity index (χ1) is 17.4. The molecule has 4 nitrogen and oxygen atoms in total. The number of hydrogen-bond acceptors (Lipinski definition) is 4. The van der Waals surface area contributed by atoms with Gasteiger partial charge in [0.05, 0.1) is 29.9 Å². The van der Waals surface area contributed by atoms with Gasteiger partial charge in [0.15, 0.2) is 11.6 Å². The highest BCUT2D eigenvalue weighted by atomic mass is 19.3. The highest BCUT2D eigenvalue weighted by Crippen LogP contribution is 2.60. The molecule has 0 bridgehead atoms. The lowest BCUT2D eigenvalue weighted by molar-refractivity contribution is -0.227. The largest absolute Gasteiger partial charge is 0.491 e. The third-order valence-corrected chi connectivity index (χ3v) is 5.78. The number of ether oxygens (including phenoxy) is 3. The number of fused-ring (bicyclic) bond motifs is 3. The van der Waals surface area contributed by atoms with E-state index in [2.05, 4.69) is 0 Å². The van der Waals surface area contributed by atoms with Crippen LogP contribution in [0.2, 0.25) is 0 Å². The predicted octanol–water partition coefficient (Wildman–Crippen LogP) is 7.12. The van der Waals surface area contributed by atoms with Gasteiger partial charge in [-0.1, -0.05) is 12.1 Å². The number of benzene rings is 3. The van der Waals surface area contributed by atoms with Gasteiger partial charge < -0.3 is 14.2 Å². The van der Waals surface area contributed by atoms with Crippen molar-refractivity contribution in [1.29, 1.82) is 0 Å². The molecule has 0 spiro atoms. The zero-order valence-corrected chi connectivity index (χ0v) is 19.4. The maximum Gasteiger partial charge on any atom is 0.346 e. The van der Waals surface area contributed by atoms with Gasteiger partial charge in [0.1, 0.15) is 17.4 Å². The second-order valence-electron chi connectivity index (χ2n) is 8.01. The zero-order chi connectivity index (χ0) is 27.1. The lowest BCUT2D eigenvalue weighted by Gasteiger charge is -2.35. The van der Waals surface area contributed by atoms with Crippen LogP contribution in [0.25, 0.3) is 11.1 Å². The van der Waals surface area contributed by atoms with E-state index in [-0.39, 0.29) is 24.5 Å². The first kappa shape index (κ1) is 26.5. The molecule has 1 aliphatic carbocycles. The minimum Gasteiger partial charge on any atom is -0.491 e. The molecule has 4 rings (SSSR count). The van der Waals surface area contributed by atoms with Gasteiger partial charge >= 0.3 is 17.8 Å². The van der Waals surface area contributed by atoms with Crippen molar-refractivity contribution in [2.75, 3.05) is 13.2 Å². The molecular formula is C26H19F7O4. The maximum atomic E-state index is 15.3. The van der Waals surface area contributed by atoms with Gasteiger partial charge in [0.2, 0.25) is 0 Å². The summed E-state index contributed by atoms with van der Waals surface area (Å²) in [4.78, 5) is 12.6. The van der Waals surface area contributed by atoms with Gasteiger partial charge in [-0.25, -0.2) is 18.0 Å². The topological polar surface area (TPSA) is 44.8 Å². The van der Waals surface area contributed by atoms with E-state index in [1.54, 1.807) is 6.92 Å². The van der Waals surface area contributed by atoms with Crippen LogP contribution in [-0.4, -0.2) is 19.2 Å². The summed E-state index contributed by atoms with van der Waals surface area (Å²) in [6.45, 7) is 3.29. The Morgan fingerprint density at radius 3 is 2.03 bits per heavy atom. The van der Waals surface area contributed by atoms with Crippen molar-refractivity contribution in [3.63, 3.8) is 0 Å². The van der Waals surface area contributed by atoms with Crippen LogP contribution >= 0.6 is 0 Å². The van der Waals surface area contributed by atoms with Crippen molar-refractivity contribution in [2.24, 2.45) is 0 Å². The van der Waals surface area contributed by atoms with Crippen LogP contribution in [-0.2, 0) is 23.2 Å².